The van der Waals surface area contributed by atoms with E-state index in [9.17, 15) is 9.90 Å². The van der Waals surface area contributed by atoms with Crippen molar-refractivity contribution in [2.24, 2.45) is 0 Å². The van der Waals surface area contributed by atoms with Crippen molar-refractivity contribution < 1.29 is 14.6 Å². The minimum Gasteiger partial charge on any atom is -0.490 e. The molecule has 1 amide bonds. The van der Waals surface area contributed by atoms with E-state index in [1.54, 1.807) is 36.1 Å². The summed E-state index contributed by atoms with van der Waals surface area (Å²) in [6.45, 7) is 2.67. The van der Waals surface area contributed by atoms with Crippen LogP contribution < -0.4 is 4.74 Å². The van der Waals surface area contributed by atoms with Crippen LogP contribution in [0.15, 0.2) is 36.8 Å². The van der Waals surface area contributed by atoms with Crippen LogP contribution in [0.5, 0.6) is 5.75 Å². The highest BCUT2D eigenvalue weighted by Crippen LogP contribution is 2.25. The summed E-state index contributed by atoms with van der Waals surface area (Å²) in [5.74, 6) is 0.427. The highest BCUT2D eigenvalue weighted by Gasteiger charge is 2.36. The first-order valence-corrected chi connectivity index (χ1v) is 8.51. The summed E-state index contributed by atoms with van der Waals surface area (Å²) in [5, 5.41) is 11.4. The zero-order valence-electron chi connectivity index (χ0n) is 14.0. The van der Waals surface area contributed by atoms with Gasteiger partial charge in [0.1, 0.15) is 24.3 Å². The zero-order chi connectivity index (χ0) is 17.9. The number of hydrogen-bond acceptors (Lipinski definition) is 5. The fourth-order valence-electron chi connectivity index (χ4n) is 2.95. The molecular formula is C18H20ClN3O3. The van der Waals surface area contributed by atoms with Gasteiger partial charge in [-0.15, -0.1) is 0 Å². The molecule has 3 rings (SSSR count). The van der Waals surface area contributed by atoms with Gasteiger partial charge in [0.05, 0.1) is 17.8 Å². The molecule has 2 heterocycles. The van der Waals surface area contributed by atoms with Gasteiger partial charge >= 0.3 is 0 Å². The van der Waals surface area contributed by atoms with Gasteiger partial charge in [-0.2, -0.15) is 0 Å². The number of rotatable bonds is 4. The lowest BCUT2D eigenvalue weighted by Crippen LogP contribution is -2.53. The summed E-state index contributed by atoms with van der Waals surface area (Å²) in [4.78, 5) is 22.3. The predicted octanol–water partition coefficient (Wildman–Crippen LogP) is 2.48. The van der Waals surface area contributed by atoms with E-state index < -0.39 is 5.60 Å². The molecule has 1 N–H and O–H groups in total. The van der Waals surface area contributed by atoms with Crippen molar-refractivity contribution in [2.45, 2.75) is 25.4 Å². The minimum absolute atomic E-state index is 0.0986. The quantitative estimate of drug-likeness (QED) is 0.905. The number of aromatic nitrogens is 2. The second-order valence-corrected chi connectivity index (χ2v) is 6.76. The van der Waals surface area contributed by atoms with E-state index in [1.165, 1.54) is 12.5 Å². The predicted molar refractivity (Wildman–Crippen MR) is 93.8 cm³/mol. The molecule has 1 aliphatic heterocycles. The lowest BCUT2D eigenvalue weighted by Gasteiger charge is -2.39. The number of aryl methyl sites for hydroxylation is 1. The van der Waals surface area contributed by atoms with Crippen LogP contribution in [0.25, 0.3) is 0 Å². The molecule has 25 heavy (non-hydrogen) atoms. The number of carbonyl (C=O) groups excluding carboxylic acids is 1. The summed E-state index contributed by atoms with van der Waals surface area (Å²) in [7, 11) is 0. The molecule has 0 saturated carbocycles. The Morgan fingerprint density at radius 2 is 2.32 bits per heavy atom. The first kappa shape index (κ1) is 17.6. The van der Waals surface area contributed by atoms with Crippen LogP contribution >= 0.6 is 11.6 Å². The maximum Gasteiger partial charge on any atom is 0.257 e. The van der Waals surface area contributed by atoms with E-state index in [1.807, 2.05) is 0 Å². The van der Waals surface area contributed by atoms with Crippen LogP contribution in [0, 0.1) is 6.92 Å². The first-order valence-electron chi connectivity index (χ1n) is 8.13. The molecule has 1 aliphatic rings. The third-order valence-electron chi connectivity index (χ3n) is 4.29. The first-order chi connectivity index (χ1) is 12.0. The number of nitrogens with zero attached hydrogens (tertiary/aromatic N) is 3. The van der Waals surface area contributed by atoms with Crippen LogP contribution in [0.2, 0.25) is 5.02 Å². The Bertz CT molecular complexity index is 771. The Balaban J connectivity index is 1.67. The molecule has 132 valence electrons. The van der Waals surface area contributed by atoms with Crippen molar-refractivity contribution in [3.8, 4) is 5.75 Å². The Kier molecular flexibility index (Phi) is 5.20. The standard InChI is InChI=1S/C18H20ClN3O3/c1-13-16(9-20-12-21-13)17(23)22-7-3-6-18(24,10-22)11-25-15-5-2-4-14(19)8-15/h2,4-5,8-9,12,24H,3,6-7,10-11H2,1H3. The number of halogens is 1. The van der Waals surface area contributed by atoms with Crippen LogP contribution in [-0.4, -0.2) is 51.2 Å². The van der Waals surface area contributed by atoms with Gasteiger partial charge in [-0.1, -0.05) is 17.7 Å². The van der Waals surface area contributed by atoms with Crippen LogP contribution in [0.1, 0.15) is 28.9 Å². The van der Waals surface area contributed by atoms with E-state index >= 15 is 0 Å². The summed E-state index contributed by atoms with van der Waals surface area (Å²) in [6.07, 6.45) is 4.20. The molecular weight excluding hydrogens is 342 g/mol. The van der Waals surface area contributed by atoms with Crippen molar-refractivity contribution in [1.82, 2.24) is 14.9 Å². The van der Waals surface area contributed by atoms with Crippen LogP contribution in [-0.2, 0) is 0 Å². The van der Waals surface area contributed by atoms with Crippen molar-refractivity contribution in [2.75, 3.05) is 19.7 Å². The number of piperidine rings is 1. The molecule has 0 spiro atoms. The maximum absolute atomic E-state index is 12.7. The van der Waals surface area contributed by atoms with Crippen molar-refractivity contribution >= 4 is 17.5 Å². The zero-order valence-corrected chi connectivity index (χ0v) is 14.7. The molecule has 0 aliphatic carbocycles. The van der Waals surface area contributed by atoms with E-state index in [0.717, 1.165) is 0 Å². The van der Waals surface area contributed by atoms with Gasteiger partial charge < -0.3 is 14.7 Å². The van der Waals surface area contributed by atoms with Gasteiger partial charge in [-0.05, 0) is 38.0 Å². The molecule has 0 bridgehead atoms. The van der Waals surface area contributed by atoms with Gasteiger partial charge in [-0.3, -0.25) is 4.79 Å². The fraction of sp³-hybridized carbons (Fsp3) is 0.389. The summed E-state index contributed by atoms with van der Waals surface area (Å²) in [5.41, 5.74) is -0.00782. The second kappa shape index (κ2) is 7.37. The van der Waals surface area contributed by atoms with Crippen molar-refractivity contribution in [1.29, 1.82) is 0 Å². The Labute approximate surface area is 151 Å². The van der Waals surface area contributed by atoms with E-state index in [4.69, 9.17) is 16.3 Å². The third kappa shape index (κ3) is 4.27. The topological polar surface area (TPSA) is 75.6 Å². The highest BCUT2D eigenvalue weighted by atomic mass is 35.5. The maximum atomic E-state index is 12.7. The third-order valence-corrected chi connectivity index (χ3v) is 4.52. The molecule has 1 fully saturated rings. The van der Waals surface area contributed by atoms with E-state index in [-0.39, 0.29) is 19.1 Å². The number of carbonyl (C=O) groups is 1. The van der Waals surface area contributed by atoms with Crippen molar-refractivity contribution in [3.63, 3.8) is 0 Å². The average Bonchev–Trinajstić information content (AvgIpc) is 2.60. The molecule has 2 aromatic rings. The number of benzene rings is 1. The average molecular weight is 362 g/mol. The number of β-amino-alcohol motifs (C(OH)–C–C–N with tert-alkyl or cyclic N) is 1. The van der Waals surface area contributed by atoms with Gasteiger partial charge in [0.15, 0.2) is 0 Å². The molecule has 7 heteroatoms. The number of aliphatic hydroxyl groups is 1. The number of ether oxygens (including phenoxy) is 1. The van der Waals surface area contributed by atoms with E-state index in [2.05, 4.69) is 9.97 Å². The molecule has 6 nitrogen and oxygen atoms in total. The number of amides is 1. The minimum atomic E-state index is -1.10. The lowest BCUT2D eigenvalue weighted by atomic mass is 9.93. The summed E-state index contributed by atoms with van der Waals surface area (Å²) in [6, 6.07) is 7.03. The monoisotopic (exact) mass is 361 g/mol. The molecule has 1 saturated heterocycles. The number of hydrogen-bond donors (Lipinski definition) is 1. The van der Waals surface area contributed by atoms with E-state index in [0.29, 0.717) is 41.4 Å². The number of likely N-dealkylation sites (tertiary alicyclic amines) is 1. The smallest absolute Gasteiger partial charge is 0.257 e. The molecule has 1 atom stereocenters. The van der Waals surface area contributed by atoms with Gasteiger partial charge in [0.25, 0.3) is 5.91 Å². The van der Waals surface area contributed by atoms with Crippen molar-refractivity contribution in [3.05, 3.63) is 53.1 Å². The van der Waals surface area contributed by atoms with Crippen LogP contribution in [0.4, 0.5) is 0 Å². The second-order valence-electron chi connectivity index (χ2n) is 6.32. The summed E-state index contributed by atoms with van der Waals surface area (Å²) < 4.78 is 5.69. The highest BCUT2D eigenvalue weighted by molar-refractivity contribution is 6.30. The van der Waals surface area contributed by atoms with Crippen LogP contribution in [0.3, 0.4) is 0 Å². The fourth-order valence-corrected chi connectivity index (χ4v) is 3.13. The van der Waals surface area contributed by atoms with Gasteiger partial charge in [0.2, 0.25) is 0 Å². The van der Waals surface area contributed by atoms with Gasteiger partial charge in [0, 0.05) is 17.8 Å². The Hall–Kier alpha value is -2.18. The normalized spacial score (nSPS) is 20.4. The van der Waals surface area contributed by atoms with Gasteiger partial charge in [-0.25, -0.2) is 9.97 Å². The lowest BCUT2D eigenvalue weighted by molar-refractivity contribution is -0.0532. The molecule has 0 radical (unpaired) electrons. The molecule has 1 aromatic heterocycles. The summed E-state index contributed by atoms with van der Waals surface area (Å²) >= 11 is 5.94. The largest absolute Gasteiger partial charge is 0.490 e. The Morgan fingerprint density at radius 1 is 1.48 bits per heavy atom. The Morgan fingerprint density at radius 3 is 3.08 bits per heavy atom. The SMILES string of the molecule is Cc1ncncc1C(=O)N1CCCC(O)(COc2cccc(Cl)c2)C1. The molecule has 1 unspecified atom stereocenters. The molecule has 1 aromatic carbocycles.